The molecule has 0 fully saturated rings. The Morgan fingerprint density at radius 3 is 2.22 bits per heavy atom. The number of sulfone groups is 1. The summed E-state index contributed by atoms with van der Waals surface area (Å²) >= 11 is 0. The molecule has 0 saturated carbocycles. The van der Waals surface area contributed by atoms with Gasteiger partial charge in [-0.05, 0) is 17.7 Å². The van der Waals surface area contributed by atoms with Crippen molar-refractivity contribution in [2.24, 2.45) is 0 Å². The number of rotatable bonds is 3. The van der Waals surface area contributed by atoms with E-state index in [2.05, 4.69) is 5.32 Å². The Labute approximate surface area is 134 Å². The van der Waals surface area contributed by atoms with E-state index < -0.39 is 15.7 Å². The highest BCUT2D eigenvalue weighted by atomic mass is 32.2. The van der Waals surface area contributed by atoms with Gasteiger partial charge in [-0.1, -0.05) is 48.5 Å². The molecule has 2 aromatic carbocycles. The van der Waals surface area contributed by atoms with Gasteiger partial charge in [-0.15, -0.1) is 0 Å². The Morgan fingerprint density at radius 1 is 0.957 bits per heavy atom. The van der Waals surface area contributed by atoms with E-state index in [1.807, 2.05) is 6.07 Å². The number of hydrogen-bond donors (Lipinski definition) is 1. The molecule has 0 aromatic heterocycles. The molecular weight excluding hydrogens is 314 g/mol. The van der Waals surface area contributed by atoms with Gasteiger partial charge in [0.1, 0.15) is 11.5 Å². The second kappa shape index (κ2) is 6.26. The van der Waals surface area contributed by atoms with E-state index in [4.69, 9.17) is 4.74 Å². The summed E-state index contributed by atoms with van der Waals surface area (Å²) in [7, 11) is -3.57. The summed E-state index contributed by atoms with van der Waals surface area (Å²) in [6.45, 7) is -0.0315. The average Bonchev–Trinajstić information content (AvgIpc) is 2.55. The van der Waals surface area contributed by atoms with Gasteiger partial charge in [-0.3, -0.25) is 4.79 Å². The Balaban J connectivity index is 2.05. The molecule has 2 aromatic rings. The predicted molar refractivity (Wildman–Crippen MR) is 88.2 cm³/mol. The largest absolute Gasteiger partial charge is 0.486 e. The summed E-state index contributed by atoms with van der Waals surface area (Å²) in [5.74, 6) is -0.871. The van der Waals surface area contributed by atoms with Crippen LogP contribution in [0.5, 0.6) is 0 Å². The molecule has 0 atom stereocenters. The zero-order valence-electron chi connectivity index (χ0n) is 12.2. The molecule has 3 rings (SSSR count). The molecule has 0 spiro atoms. The number of carbonyl (C=O) groups is 1. The van der Waals surface area contributed by atoms with Crippen molar-refractivity contribution in [2.45, 2.75) is 0 Å². The third kappa shape index (κ3) is 3.27. The third-order valence-electron chi connectivity index (χ3n) is 3.39. The molecule has 6 heteroatoms. The van der Waals surface area contributed by atoms with E-state index in [0.717, 1.165) is 0 Å². The van der Waals surface area contributed by atoms with Gasteiger partial charge < -0.3 is 10.1 Å². The first-order valence-corrected chi connectivity index (χ1v) is 8.75. The Morgan fingerprint density at radius 2 is 1.57 bits per heavy atom. The maximum atomic E-state index is 12.5. The summed E-state index contributed by atoms with van der Waals surface area (Å²) in [4.78, 5) is 12.4. The van der Waals surface area contributed by atoms with Crippen molar-refractivity contribution in [3.8, 4) is 0 Å². The highest BCUT2D eigenvalue weighted by molar-refractivity contribution is 8.00. The van der Waals surface area contributed by atoms with E-state index in [9.17, 15) is 13.2 Å². The molecule has 0 unspecified atom stereocenters. The zero-order chi connectivity index (χ0) is 16.3. The lowest BCUT2D eigenvalue weighted by Crippen LogP contribution is -2.28. The Kier molecular flexibility index (Phi) is 4.16. The van der Waals surface area contributed by atoms with Gasteiger partial charge in [-0.25, -0.2) is 8.42 Å². The van der Waals surface area contributed by atoms with Crippen molar-refractivity contribution >= 4 is 26.3 Å². The van der Waals surface area contributed by atoms with Gasteiger partial charge in [-0.2, -0.15) is 0 Å². The van der Waals surface area contributed by atoms with Crippen LogP contribution in [0.4, 0.5) is 5.69 Å². The lowest BCUT2D eigenvalue weighted by molar-refractivity contribution is -0.115. The predicted octanol–water partition coefficient (Wildman–Crippen LogP) is 2.44. The SMILES string of the molecule is O=C(Nc1ccccc1)C1=C(c2ccccc2)S(=O)(=O)CCO1. The molecule has 1 aliphatic rings. The number of hydrogen-bond acceptors (Lipinski definition) is 4. The fraction of sp³-hybridized carbons (Fsp3) is 0.118. The molecule has 1 amide bonds. The van der Waals surface area contributed by atoms with Gasteiger partial charge >= 0.3 is 0 Å². The minimum atomic E-state index is -3.57. The molecule has 0 bridgehead atoms. The Hall–Kier alpha value is -2.60. The minimum Gasteiger partial charge on any atom is -0.486 e. The van der Waals surface area contributed by atoms with Crippen LogP contribution in [0.15, 0.2) is 66.4 Å². The second-order valence-electron chi connectivity index (χ2n) is 5.01. The number of amides is 1. The maximum absolute atomic E-state index is 12.5. The lowest BCUT2D eigenvalue weighted by atomic mass is 10.2. The quantitative estimate of drug-likeness (QED) is 0.939. The minimum absolute atomic E-state index is 0.0315. The van der Waals surface area contributed by atoms with Gasteiger partial charge in [0.2, 0.25) is 5.76 Å². The fourth-order valence-corrected chi connectivity index (χ4v) is 3.78. The van der Waals surface area contributed by atoms with Crippen LogP contribution < -0.4 is 5.32 Å². The van der Waals surface area contributed by atoms with E-state index >= 15 is 0 Å². The van der Waals surface area contributed by atoms with Crippen LogP contribution >= 0.6 is 0 Å². The van der Waals surface area contributed by atoms with Crippen LogP contribution in [0.1, 0.15) is 5.56 Å². The van der Waals surface area contributed by atoms with Crippen molar-refractivity contribution < 1.29 is 17.9 Å². The first kappa shape index (κ1) is 15.3. The topological polar surface area (TPSA) is 72.5 Å². The average molecular weight is 329 g/mol. The zero-order valence-corrected chi connectivity index (χ0v) is 13.0. The summed E-state index contributed by atoms with van der Waals surface area (Å²) in [6, 6.07) is 17.3. The fourth-order valence-electron chi connectivity index (χ4n) is 2.34. The standard InChI is InChI=1S/C17H15NO4S/c19-17(18-14-9-5-2-6-10-14)15-16(13-7-3-1-4-8-13)23(20,21)12-11-22-15/h1-10H,11-12H2,(H,18,19). The third-order valence-corrected chi connectivity index (χ3v) is 5.14. The molecule has 0 aliphatic carbocycles. The lowest BCUT2D eigenvalue weighted by Gasteiger charge is -2.21. The van der Waals surface area contributed by atoms with Crippen molar-refractivity contribution in [3.05, 3.63) is 72.0 Å². The molecule has 1 aliphatic heterocycles. The summed E-state index contributed by atoms with van der Waals surface area (Å²) in [5, 5.41) is 2.66. The smallest absolute Gasteiger partial charge is 0.292 e. The molecule has 0 radical (unpaired) electrons. The number of ether oxygens (including phenoxy) is 1. The monoisotopic (exact) mass is 329 g/mol. The van der Waals surface area contributed by atoms with Crippen LogP contribution in [-0.2, 0) is 19.4 Å². The normalized spacial score (nSPS) is 16.5. The van der Waals surface area contributed by atoms with Gasteiger partial charge in [0.05, 0.1) is 5.75 Å². The summed E-state index contributed by atoms with van der Waals surface area (Å²) in [5.41, 5.74) is 1.02. The number of nitrogens with one attached hydrogen (secondary N) is 1. The number of benzene rings is 2. The molecule has 0 saturated heterocycles. The first-order valence-electron chi connectivity index (χ1n) is 7.09. The van der Waals surface area contributed by atoms with Gasteiger partial charge in [0.15, 0.2) is 9.84 Å². The molecule has 1 N–H and O–H groups in total. The van der Waals surface area contributed by atoms with Crippen LogP contribution in [0.3, 0.4) is 0 Å². The van der Waals surface area contributed by atoms with Gasteiger partial charge in [0.25, 0.3) is 5.91 Å². The first-order chi connectivity index (χ1) is 11.1. The second-order valence-corrected chi connectivity index (χ2v) is 7.06. The van der Waals surface area contributed by atoms with Crippen molar-refractivity contribution in [1.82, 2.24) is 0 Å². The molecule has 5 nitrogen and oxygen atoms in total. The summed E-state index contributed by atoms with van der Waals surface area (Å²) < 4.78 is 30.3. The van der Waals surface area contributed by atoms with Crippen LogP contribution in [-0.4, -0.2) is 26.7 Å². The molecule has 118 valence electrons. The highest BCUT2D eigenvalue weighted by Gasteiger charge is 2.33. The van der Waals surface area contributed by atoms with E-state index in [0.29, 0.717) is 11.3 Å². The number of anilines is 1. The van der Waals surface area contributed by atoms with Crippen molar-refractivity contribution in [3.63, 3.8) is 0 Å². The van der Waals surface area contributed by atoms with Crippen molar-refractivity contribution in [2.75, 3.05) is 17.7 Å². The van der Waals surface area contributed by atoms with E-state index in [1.54, 1.807) is 54.6 Å². The highest BCUT2D eigenvalue weighted by Crippen LogP contribution is 2.30. The van der Waals surface area contributed by atoms with Crippen LogP contribution in [0.25, 0.3) is 4.91 Å². The van der Waals surface area contributed by atoms with E-state index in [1.165, 1.54) is 0 Å². The van der Waals surface area contributed by atoms with E-state index in [-0.39, 0.29) is 23.0 Å². The number of carbonyl (C=O) groups excluding carboxylic acids is 1. The van der Waals surface area contributed by atoms with Crippen LogP contribution in [0, 0.1) is 0 Å². The number of para-hydroxylation sites is 1. The molecule has 1 heterocycles. The van der Waals surface area contributed by atoms with Crippen molar-refractivity contribution in [1.29, 1.82) is 0 Å². The molecule has 23 heavy (non-hydrogen) atoms. The molecular formula is C17H15NO4S. The van der Waals surface area contributed by atoms with Crippen LogP contribution in [0.2, 0.25) is 0 Å². The summed E-state index contributed by atoms with van der Waals surface area (Å²) in [6.07, 6.45) is 0. The Bertz CT molecular complexity index is 843. The van der Waals surface area contributed by atoms with Gasteiger partial charge in [0, 0.05) is 5.69 Å². The maximum Gasteiger partial charge on any atom is 0.292 e.